The summed E-state index contributed by atoms with van der Waals surface area (Å²) in [5, 5.41) is 53.8. The van der Waals surface area contributed by atoms with Crippen molar-refractivity contribution in [3.8, 4) is 47.3 Å². The van der Waals surface area contributed by atoms with Crippen LogP contribution in [0, 0.1) is 45.3 Å². The van der Waals surface area contributed by atoms with Crippen molar-refractivity contribution < 1.29 is 47.6 Å². The van der Waals surface area contributed by atoms with E-state index in [2.05, 4.69) is 37.9 Å². The van der Waals surface area contributed by atoms with Crippen molar-refractivity contribution in [3.63, 3.8) is 0 Å². The van der Waals surface area contributed by atoms with Crippen LogP contribution >= 0.6 is 78.3 Å². The van der Waals surface area contributed by atoms with E-state index < -0.39 is 32.3 Å². The van der Waals surface area contributed by atoms with Gasteiger partial charge < -0.3 is 47.6 Å². The smallest absolute Gasteiger partial charge is 0.498 e. The first-order valence-corrected chi connectivity index (χ1v) is 24.5. The van der Waals surface area contributed by atoms with Crippen LogP contribution in [0.4, 0.5) is 0 Å². The quantitative estimate of drug-likeness (QED) is 0.182. The zero-order valence-electron chi connectivity index (χ0n) is 41.6. The highest BCUT2D eigenvalue weighted by Gasteiger charge is 2.63. The van der Waals surface area contributed by atoms with Gasteiger partial charge in [0, 0.05) is 17.6 Å². The summed E-state index contributed by atoms with van der Waals surface area (Å²) in [6.07, 6.45) is 0. The summed E-state index contributed by atoms with van der Waals surface area (Å²) >= 11 is 29.2. The molecule has 3 heterocycles. The Labute approximate surface area is 454 Å². The van der Waals surface area contributed by atoms with Crippen LogP contribution in [0.2, 0.25) is 20.1 Å². The average molecular weight is 1180 g/mol. The number of halogens is 6. The third-order valence-electron chi connectivity index (χ3n) is 12.3. The number of rotatable bonds is 4. The van der Waals surface area contributed by atoms with E-state index in [0.29, 0.717) is 53.7 Å². The predicted octanol–water partition coefficient (Wildman–Crippen LogP) is 12.3. The number of benzene rings is 4. The van der Waals surface area contributed by atoms with Gasteiger partial charge in [-0.05, 0) is 157 Å². The van der Waals surface area contributed by atoms with Crippen molar-refractivity contribution in [3.05, 3.63) is 106 Å². The Bertz CT molecular complexity index is 2680. The lowest BCUT2D eigenvalue weighted by Gasteiger charge is -2.32. The first-order chi connectivity index (χ1) is 32.7. The first-order valence-electron chi connectivity index (χ1n) is 21.4. The highest BCUT2D eigenvalue weighted by molar-refractivity contribution is 9.11. The Kier molecular flexibility index (Phi) is 21.1. The average Bonchev–Trinajstić information content (AvgIpc) is 3.75. The van der Waals surface area contributed by atoms with Crippen LogP contribution in [-0.2, 0) is 27.9 Å². The van der Waals surface area contributed by atoms with Gasteiger partial charge in [-0.1, -0.05) is 46.4 Å². The summed E-state index contributed by atoms with van der Waals surface area (Å²) in [4.78, 5) is 0. The monoisotopic (exact) mass is 1180 g/mol. The number of phenolic OH excluding ortho intramolecular Hbond substituents is 2. The van der Waals surface area contributed by atoms with Gasteiger partial charge in [0.25, 0.3) is 0 Å². The molecule has 4 aromatic carbocycles. The Morgan fingerprint density at radius 2 is 0.803 bits per heavy atom. The van der Waals surface area contributed by atoms with Crippen LogP contribution in [0.1, 0.15) is 105 Å². The molecule has 71 heavy (non-hydrogen) atoms. The molecule has 23 heteroatoms. The molecule has 0 saturated carbocycles. The number of phenols is 2. The van der Waals surface area contributed by atoms with Crippen molar-refractivity contribution in [2.45, 2.75) is 117 Å². The van der Waals surface area contributed by atoms with Gasteiger partial charge in [-0.25, -0.2) is 0 Å². The van der Waals surface area contributed by atoms with Crippen LogP contribution in [0.3, 0.4) is 0 Å². The molecule has 3 saturated heterocycles. The van der Waals surface area contributed by atoms with Gasteiger partial charge in [0.2, 0.25) is 0 Å². The molecule has 0 unspecified atom stereocenters. The minimum absolute atomic E-state index is 0.0361. The molecule has 0 aromatic heterocycles. The van der Waals surface area contributed by atoms with Gasteiger partial charge in [0.1, 0.15) is 47.3 Å². The van der Waals surface area contributed by atoms with E-state index in [0.717, 1.165) is 4.47 Å². The standard InChI is InChI=1S/C14H17BClNO3.C12H24B2O4.C8H5BrClNO.C7H3BrClNO.C7H4ClNO/c1-13(2)14(3,4)20-15(19-13)10-6-9(8-17)11(16)7-12(10)18-5;1-9(2)10(3,4)16-13(15-9)14-17-11(5,6)12(7,8)18-14;1-12-8-3-7(10)5(4-11)2-6(8)9;8-5-1-4(3-10)6(9)2-7(5)11;8-7-3-6(10)2-1-5(7)4-9/h6-7H,1-5H3;1-8H3;2-3H,1H3;1-2,11H;1-3,10H. The molecule has 0 spiro atoms. The fraction of sp³-hybridized carbons (Fsp3) is 0.417. The molecule has 0 aliphatic carbocycles. The third kappa shape index (κ3) is 15.1. The molecule has 4 aromatic rings. The van der Waals surface area contributed by atoms with Gasteiger partial charge in [-0.2, -0.15) is 21.0 Å². The molecule has 0 atom stereocenters. The van der Waals surface area contributed by atoms with Crippen LogP contribution < -0.4 is 14.9 Å². The molecule has 14 nitrogen and oxygen atoms in total. The van der Waals surface area contributed by atoms with E-state index in [1.807, 2.05) is 101 Å². The Balaban J connectivity index is 0.000000241. The van der Waals surface area contributed by atoms with Crippen LogP contribution in [-0.4, -0.2) is 79.2 Å². The highest BCUT2D eigenvalue weighted by Crippen LogP contribution is 2.43. The second-order valence-corrected chi connectivity index (χ2v) is 22.1. The molecular formula is C48H53B3Br2Cl4N4O10. The Morgan fingerprint density at radius 3 is 1.18 bits per heavy atom. The molecule has 3 aliphatic rings. The van der Waals surface area contributed by atoms with E-state index in [1.54, 1.807) is 38.5 Å². The second kappa shape index (κ2) is 24.4. The summed E-state index contributed by atoms with van der Waals surface area (Å²) in [6, 6.07) is 21.3. The SMILES string of the molecule is CC1(C)OB(B2OC(C)(C)C(C)(C)O2)OC1(C)C.COc1cc(Cl)c(C#N)cc1B1OC(C)(C)C(C)(C)O1.COc1cc(Cl)c(C#N)cc1Br.N#Cc1cc(Br)c(O)cc1Cl.N#Cc1ccc(O)cc1Cl. The minimum Gasteiger partial charge on any atom is -0.508 e. The topological polar surface area (TPSA) is 209 Å². The van der Waals surface area contributed by atoms with Crippen molar-refractivity contribution in [1.82, 2.24) is 0 Å². The summed E-state index contributed by atoms with van der Waals surface area (Å²) in [7, 11) is 1.56. The maximum Gasteiger partial charge on any atom is 0.498 e. The predicted molar refractivity (Wildman–Crippen MR) is 284 cm³/mol. The summed E-state index contributed by atoms with van der Waals surface area (Å²) in [5.74, 6) is 1.28. The largest absolute Gasteiger partial charge is 0.508 e. The number of aromatic hydroxyl groups is 2. The van der Waals surface area contributed by atoms with Crippen LogP contribution in [0.15, 0.2) is 63.5 Å². The fourth-order valence-corrected chi connectivity index (χ4v) is 7.63. The van der Waals surface area contributed by atoms with Crippen molar-refractivity contribution in [2.24, 2.45) is 0 Å². The van der Waals surface area contributed by atoms with Gasteiger partial charge in [-0.15, -0.1) is 0 Å². The molecule has 0 amide bonds. The third-order valence-corrected chi connectivity index (χ3v) is 14.8. The number of nitrogens with zero attached hydrogens (tertiary/aromatic N) is 4. The number of hydrogen-bond donors (Lipinski definition) is 2. The van der Waals surface area contributed by atoms with Gasteiger partial charge >= 0.3 is 21.1 Å². The van der Waals surface area contributed by atoms with Crippen molar-refractivity contribution in [2.75, 3.05) is 14.2 Å². The molecule has 2 N–H and O–H groups in total. The molecule has 7 rings (SSSR count). The lowest BCUT2D eigenvalue weighted by molar-refractivity contribution is 0.00578. The Morgan fingerprint density at radius 1 is 0.465 bits per heavy atom. The van der Waals surface area contributed by atoms with E-state index >= 15 is 0 Å². The van der Waals surface area contributed by atoms with Crippen molar-refractivity contribution >= 4 is 105 Å². The van der Waals surface area contributed by atoms with Gasteiger partial charge in [0.15, 0.2) is 0 Å². The highest BCUT2D eigenvalue weighted by atomic mass is 79.9. The van der Waals surface area contributed by atoms with Crippen LogP contribution in [0.25, 0.3) is 0 Å². The first kappa shape index (κ1) is 61.4. The van der Waals surface area contributed by atoms with Crippen LogP contribution in [0.5, 0.6) is 23.0 Å². The van der Waals surface area contributed by atoms with E-state index in [9.17, 15) is 0 Å². The summed E-state index contributed by atoms with van der Waals surface area (Å²) < 4.78 is 47.3. The van der Waals surface area contributed by atoms with E-state index in [4.69, 9.17) is 115 Å². The molecular weight excluding hydrogens is 1130 g/mol. The molecule has 3 aliphatic heterocycles. The summed E-state index contributed by atoms with van der Waals surface area (Å²) in [5.41, 5.74) is -0.139. The van der Waals surface area contributed by atoms with E-state index in [-0.39, 0.29) is 43.9 Å². The zero-order chi connectivity index (χ0) is 54.2. The summed E-state index contributed by atoms with van der Waals surface area (Å²) in [6.45, 7) is 24.1. The van der Waals surface area contributed by atoms with E-state index in [1.165, 1.54) is 30.3 Å². The number of hydrogen-bond acceptors (Lipinski definition) is 14. The van der Waals surface area contributed by atoms with Crippen molar-refractivity contribution in [1.29, 1.82) is 21.0 Å². The Hall–Kier alpha value is -3.89. The molecule has 0 radical (unpaired) electrons. The fourth-order valence-electron chi connectivity index (χ4n) is 5.98. The number of nitriles is 4. The maximum absolute atomic E-state index is 9.10. The maximum atomic E-state index is 9.10. The molecule has 376 valence electrons. The zero-order valence-corrected chi connectivity index (χ0v) is 47.8. The normalized spacial score (nSPS) is 17.9. The number of methoxy groups -OCH3 is 2. The molecule has 3 fully saturated rings. The lowest BCUT2D eigenvalue weighted by atomic mass is 9.49. The lowest BCUT2D eigenvalue weighted by Crippen LogP contribution is -2.41. The van der Waals surface area contributed by atoms with Gasteiger partial charge in [-0.3, -0.25) is 0 Å². The minimum atomic E-state index is -0.584. The second-order valence-electron chi connectivity index (χ2n) is 18.8. The molecule has 0 bridgehead atoms. The van der Waals surface area contributed by atoms with Gasteiger partial charge in [0.05, 0.1) is 99.1 Å². The number of ether oxygens (including phenoxy) is 2.